The van der Waals surface area contributed by atoms with Crippen molar-refractivity contribution in [3.8, 4) is 11.6 Å². The summed E-state index contributed by atoms with van der Waals surface area (Å²) in [7, 11) is 0. The molecule has 1 aliphatic rings. The van der Waals surface area contributed by atoms with Gasteiger partial charge in [-0.2, -0.15) is 0 Å². The first-order chi connectivity index (χ1) is 11.9. The molecule has 0 saturated heterocycles. The van der Waals surface area contributed by atoms with Gasteiger partial charge in [-0.3, -0.25) is 0 Å². The molecule has 2 atom stereocenters. The number of aromatic nitrogens is 4. The first-order valence-corrected chi connectivity index (χ1v) is 9.41. The Morgan fingerprint density at radius 1 is 1.08 bits per heavy atom. The van der Waals surface area contributed by atoms with E-state index in [4.69, 9.17) is 9.97 Å². The second kappa shape index (κ2) is 6.66. The summed E-state index contributed by atoms with van der Waals surface area (Å²) in [5.41, 5.74) is 8.50. The van der Waals surface area contributed by atoms with Crippen LogP contribution < -0.4 is 0 Å². The highest BCUT2D eigenvalue weighted by molar-refractivity contribution is 5.70. The first-order valence-electron chi connectivity index (χ1n) is 9.41. The van der Waals surface area contributed by atoms with Crippen molar-refractivity contribution in [1.82, 2.24) is 19.9 Å². The third-order valence-electron chi connectivity index (χ3n) is 5.74. The molecule has 0 aliphatic heterocycles. The van der Waals surface area contributed by atoms with Crippen LogP contribution in [-0.2, 0) is 6.42 Å². The number of imidazole rings is 2. The Hall–Kier alpha value is -2.10. The van der Waals surface area contributed by atoms with Crippen molar-refractivity contribution in [1.29, 1.82) is 0 Å². The summed E-state index contributed by atoms with van der Waals surface area (Å²) < 4.78 is 0. The van der Waals surface area contributed by atoms with Crippen LogP contribution in [0.15, 0.2) is 11.6 Å². The molecule has 0 amide bonds. The molecule has 0 aromatic carbocycles. The predicted octanol–water partition coefficient (Wildman–Crippen LogP) is 5.72. The van der Waals surface area contributed by atoms with E-state index < -0.39 is 0 Å². The van der Waals surface area contributed by atoms with E-state index >= 15 is 0 Å². The molecule has 2 N–H and O–H groups in total. The van der Waals surface area contributed by atoms with Crippen LogP contribution in [0.25, 0.3) is 22.8 Å². The number of hydrogen-bond donors (Lipinski definition) is 2. The Kier molecular flexibility index (Phi) is 4.72. The van der Waals surface area contributed by atoms with Crippen LogP contribution in [0.3, 0.4) is 0 Å². The molecule has 134 valence electrons. The van der Waals surface area contributed by atoms with E-state index in [1.54, 1.807) is 0 Å². The lowest BCUT2D eigenvalue weighted by molar-refractivity contribution is 0.570. The van der Waals surface area contributed by atoms with Crippen molar-refractivity contribution in [3.05, 3.63) is 34.4 Å². The molecule has 0 saturated carbocycles. The minimum absolute atomic E-state index is 0.448. The lowest BCUT2D eigenvalue weighted by Crippen LogP contribution is -2.11. The van der Waals surface area contributed by atoms with Crippen molar-refractivity contribution < 1.29 is 0 Å². The normalized spacial score (nSPS) is 21.0. The fourth-order valence-corrected chi connectivity index (χ4v) is 3.56. The van der Waals surface area contributed by atoms with E-state index in [-0.39, 0.29) is 0 Å². The van der Waals surface area contributed by atoms with Gasteiger partial charge >= 0.3 is 0 Å². The smallest absolute Gasteiger partial charge is 0.174 e. The summed E-state index contributed by atoms with van der Waals surface area (Å²) in [4.78, 5) is 16.8. The minimum atomic E-state index is 0.448. The molecule has 3 rings (SSSR count). The third kappa shape index (κ3) is 2.99. The van der Waals surface area contributed by atoms with Gasteiger partial charge in [-0.15, -0.1) is 0 Å². The second-order valence-electron chi connectivity index (χ2n) is 7.37. The first kappa shape index (κ1) is 17.7. The molecule has 0 spiro atoms. The zero-order chi connectivity index (χ0) is 18.3. The third-order valence-corrected chi connectivity index (χ3v) is 5.74. The highest BCUT2D eigenvalue weighted by Gasteiger charge is 2.27. The number of allylic oxidation sites excluding steroid dienone is 4. The molecule has 4 heteroatoms. The molecule has 2 unspecified atom stereocenters. The quantitative estimate of drug-likeness (QED) is 0.749. The Labute approximate surface area is 150 Å². The van der Waals surface area contributed by atoms with Gasteiger partial charge in [-0.1, -0.05) is 39.3 Å². The fraction of sp³-hybridized carbons (Fsp3) is 0.524. The van der Waals surface area contributed by atoms with Gasteiger partial charge in [0, 0.05) is 17.3 Å². The van der Waals surface area contributed by atoms with Crippen LogP contribution in [0.4, 0.5) is 0 Å². The molecular formula is C21H30N4. The summed E-state index contributed by atoms with van der Waals surface area (Å²) in [6.45, 7) is 15.4. The summed E-state index contributed by atoms with van der Waals surface area (Å²) >= 11 is 0. The molecule has 0 bridgehead atoms. The molecule has 4 nitrogen and oxygen atoms in total. The number of aryl methyl sites for hydroxylation is 1. The van der Waals surface area contributed by atoms with Gasteiger partial charge in [0.25, 0.3) is 0 Å². The van der Waals surface area contributed by atoms with Gasteiger partial charge in [0.1, 0.15) is 0 Å². The van der Waals surface area contributed by atoms with Gasteiger partial charge in [0.05, 0.1) is 11.4 Å². The average Bonchev–Trinajstić information content (AvgIpc) is 3.22. The molecule has 0 fully saturated rings. The topological polar surface area (TPSA) is 57.4 Å². The molecular weight excluding hydrogens is 308 g/mol. The highest BCUT2D eigenvalue weighted by atomic mass is 15.0. The number of nitrogens with one attached hydrogen (secondary N) is 2. The summed E-state index contributed by atoms with van der Waals surface area (Å²) in [5, 5.41) is 0. The zero-order valence-electron chi connectivity index (χ0n) is 16.5. The van der Waals surface area contributed by atoms with E-state index in [1.807, 2.05) is 0 Å². The van der Waals surface area contributed by atoms with Crippen LogP contribution in [0.1, 0.15) is 83.6 Å². The van der Waals surface area contributed by atoms with E-state index in [0.717, 1.165) is 35.9 Å². The summed E-state index contributed by atoms with van der Waals surface area (Å²) in [6, 6.07) is 0. The van der Waals surface area contributed by atoms with E-state index in [1.165, 1.54) is 28.1 Å². The molecule has 25 heavy (non-hydrogen) atoms. The van der Waals surface area contributed by atoms with Crippen LogP contribution in [0.5, 0.6) is 0 Å². The zero-order valence-corrected chi connectivity index (χ0v) is 16.5. The van der Waals surface area contributed by atoms with Gasteiger partial charge in [0.15, 0.2) is 11.6 Å². The average molecular weight is 338 g/mol. The Morgan fingerprint density at radius 3 is 2.40 bits per heavy atom. The van der Waals surface area contributed by atoms with Gasteiger partial charge in [0.2, 0.25) is 0 Å². The van der Waals surface area contributed by atoms with Crippen LogP contribution >= 0.6 is 0 Å². The largest absolute Gasteiger partial charge is 0.339 e. The van der Waals surface area contributed by atoms with Crippen LogP contribution in [0, 0.1) is 5.92 Å². The lowest BCUT2D eigenvalue weighted by Gasteiger charge is -2.22. The Balaban J connectivity index is 2.08. The Bertz CT molecular complexity index is 847. The molecule has 1 aliphatic carbocycles. The number of H-pyrrole nitrogens is 2. The SMILES string of the molecule is CC/C(C)=C(/C)c1nc(-c2nc3c([nH]2)C(C)C(C)C=C3C)[nH]c1CC. The van der Waals surface area contributed by atoms with Gasteiger partial charge in [-0.25, -0.2) is 9.97 Å². The van der Waals surface area contributed by atoms with Gasteiger partial charge < -0.3 is 9.97 Å². The van der Waals surface area contributed by atoms with Crippen LogP contribution in [0.2, 0.25) is 0 Å². The fourth-order valence-electron chi connectivity index (χ4n) is 3.56. The van der Waals surface area contributed by atoms with E-state index in [9.17, 15) is 0 Å². The van der Waals surface area contributed by atoms with Gasteiger partial charge in [-0.05, 0) is 50.7 Å². The molecule has 0 radical (unpaired) electrons. The van der Waals surface area contributed by atoms with Crippen LogP contribution in [-0.4, -0.2) is 19.9 Å². The maximum Gasteiger partial charge on any atom is 0.174 e. The number of rotatable bonds is 4. The number of hydrogen-bond acceptors (Lipinski definition) is 2. The van der Waals surface area contributed by atoms with Crippen molar-refractivity contribution in [2.24, 2.45) is 5.92 Å². The maximum absolute atomic E-state index is 4.91. The highest BCUT2D eigenvalue weighted by Crippen LogP contribution is 2.37. The van der Waals surface area contributed by atoms with Crippen molar-refractivity contribution in [3.63, 3.8) is 0 Å². The summed E-state index contributed by atoms with van der Waals surface area (Å²) in [5.74, 6) is 2.67. The van der Waals surface area contributed by atoms with Crippen molar-refractivity contribution in [2.75, 3.05) is 0 Å². The Morgan fingerprint density at radius 2 is 1.76 bits per heavy atom. The number of nitrogens with zero attached hydrogens (tertiary/aromatic N) is 2. The lowest BCUT2D eigenvalue weighted by atomic mass is 9.84. The standard InChI is InChI=1S/C21H30N4/c1-8-11(3)14(6)18-16(9-2)22-20(24-18)21-23-17-13(5)10-12(4)15(7)19(17)25-21/h10,12,15H,8-9H2,1-7H3,(H,22,24)(H,23,25)/b14-11-. The monoisotopic (exact) mass is 338 g/mol. The van der Waals surface area contributed by atoms with Crippen molar-refractivity contribution >= 4 is 11.1 Å². The molecule has 2 aromatic rings. The predicted molar refractivity (Wildman–Crippen MR) is 105 cm³/mol. The number of fused-ring (bicyclic) bond motifs is 1. The molecule has 2 aromatic heterocycles. The second-order valence-corrected chi connectivity index (χ2v) is 7.37. The molecule has 2 heterocycles. The minimum Gasteiger partial charge on any atom is -0.339 e. The number of aromatic amines is 2. The summed E-state index contributed by atoms with van der Waals surface area (Å²) in [6.07, 6.45) is 4.30. The van der Waals surface area contributed by atoms with E-state index in [2.05, 4.69) is 64.5 Å². The van der Waals surface area contributed by atoms with E-state index in [0.29, 0.717) is 11.8 Å². The maximum atomic E-state index is 4.91. The van der Waals surface area contributed by atoms with Crippen molar-refractivity contribution in [2.45, 2.75) is 67.2 Å².